The minimum Gasteiger partial charge on any atom is -0.483 e. The molecule has 1 aliphatic heterocycles. The van der Waals surface area contributed by atoms with Gasteiger partial charge in [0.15, 0.2) is 11.7 Å². The molecule has 6 rings (SSSR count). The summed E-state index contributed by atoms with van der Waals surface area (Å²) in [7, 11) is 0. The first-order valence-corrected chi connectivity index (χ1v) is 12.8. The zero-order valence-electron chi connectivity index (χ0n) is 18.9. The van der Waals surface area contributed by atoms with Crippen LogP contribution < -0.4 is 10.1 Å². The van der Waals surface area contributed by atoms with Crippen LogP contribution in [0.25, 0.3) is 15.3 Å². The van der Waals surface area contributed by atoms with E-state index in [0.29, 0.717) is 17.7 Å². The van der Waals surface area contributed by atoms with Crippen molar-refractivity contribution in [2.45, 2.75) is 50.0 Å². The Hall–Kier alpha value is -2.35. The van der Waals surface area contributed by atoms with E-state index in [9.17, 15) is 9.90 Å². The third-order valence-corrected chi connectivity index (χ3v) is 8.31. The van der Waals surface area contributed by atoms with E-state index < -0.39 is 28.9 Å². The maximum Gasteiger partial charge on any atom is 0.408 e. The molecule has 0 fully saturated rings. The van der Waals surface area contributed by atoms with Gasteiger partial charge in [0.2, 0.25) is 0 Å². The second-order valence-corrected chi connectivity index (χ2v) is 11.8. The first-order chi connectivity index (χ1) is 16.1. The molecule has 1 unspecified atom stereocenters. The number of rotatable bonds is 1. The lowest BCUT2D eigenvalue weighted by molar-refractivity contribution is -0.0401. The molecule has 0 saturated heterocycles. The number of fused-ring (bicyclic) bond motifs is 7. The molecule has 0 aromatic heterocycles. The van der Waals surface area contributed by atoms with Gasteiger partial charge in [0.1, 0.15) is 16.9 Å². The van der Waals surface area contributed by atoms with Crippen LogP contribution in [0.15, 0.2) is 59.1 Å². The number of benzene rings is 3. The molecule has 3 aromatic carbocycles. The number of hydrogen-bond donors (Lipinski definition) is 2. The molecule has 7 heteroatoms. The maximum atomic E-state index is 13.2. The predicted octanol–water partition coefficient (Wildman–Crippen LogP) is 6.47. The fourth-order valence-electron chi connectivity index (χ4n) is 5.71. The fraction of sp³-hybridized carbons (Fsp3) is 0.296. The summed E-state index contributed by atoms with van der Waals surface area (Å²) in [6.45, 7) is 5.49. The number of carbonyl (C=O) groups excluding carboxylic acids is 1. The first-order valence-electron chi connectivity index (χ1n) is 11.2. The van der Waals surface area contributed by atoms with Crippen molar-refractivity contribution in [3.8, 4) is 5.75 Å². The molecule has 3 aliphatic rings. The number of carbonyl (C=O) groups is 1. The van der Waals surface area contributed by atoms with Crippen molar-refractivity contribution >= 4 is 53.2 Å². The lowest BCUT2D eigenvalue weighted by Crippen LogP contribution is -2.58. The topological polar surface area (TPSA) is 67.8 Å². The normalized spacial score (nSPS) is 26.3. The Bertz CT molecular complexity index is 1430. The largest absolute Gasteiger partial charge is 0.483 e. The predicted molar refractivity (Wildman–Crippen MR) is 138 cm³/mol. The summed E-state index contributed by atoms with van der Waals surface area (Å²) in [5.74, 6) is 0.653. The van der Waals surface area contributed by atoms with Crippen molar-refractivity contribution in [2.24, 2.45) is 0 Å². The molecule has 2 N–H and O–H groups in total. The number of halogens is 2. The van der Waals surface area contributed by atoms with Crippen LogP contribution in [0.1, 0.15) is 49.4 Å². The highest BCUT2D eigenvalue weighted by Crippen LogP contribution is 2.63. The average Bonchev–Trinajstić information content (AvgIpc) is 3.18. The Labute approximate surface area is 214 Å². The van der Waals surface area contributed by atoms with Gasteiger partial charge in [-0.25, -0.2) is 4.79 Å². The van der Waals surface area contributed by atoms with Crippen molar-refractivity contribution in [1.29, 1.82) is 0 Å². The number of aliphatic hydroxyl groups is 1. The van der Waals surface area contributed by atoms with Crippen molar-refractivity contribution in [2.75, 3.05) is 0 Å². The van der Waals surface area contributed by atoms with Gasteiger partial charge >= 0.3 is 6.09 Å². The molecule has 0 spiro atoms. The Morgan fingerprint density at radius 3 is 2.62 bits per heavy atom. The molecular formula is C27H23Br2NO4. The maximum absolute atomic E-state index is 13.2. The molecule has 0 saturated carbocycles. The van der Waals surface area contributed by atoms with Gasteiger partial charge in [0, 0.05) is 25.5 Å². The third kappa shape index (κ3) is 2.84. The molecule has 174 valence electrons. The van der Waals surface area contributed by atoms with Gasteiger partial charge in [-0.1, -0.05) is 80.4 Å². The number of amides is 1. The fourth-order valence-corrected chi connectivity index (χ4v) is 7.09. The second-order valence-electron chi connectivity index (χ2n) is 10.1. The quantitative estimate of drug-likeness (QED) is 0.344. The Kier molecular flexibility index (Phi) is 4.62. The molecular weight excluding hydrogens is 562 g/mol. The van der Waals surface area contributed by atoms with Gasteiger partial charge in [-0.05, 0) is 49.8 Å². The average molecular weight is 585 g/mol. The summed E-state index contributed by atoms with van der Waals surface area (Å²) in [6.07, 6.45) is 1.13. The number of ether oxygens (including phenoxy) is 2. The highest BCUT2D eigenvalue weighted by Gasteiger charge is 2.68. The summed E-state index contributed by atoms with van der Waals surface area (Å²) in [5, 5.41) is 17.6. The molecule has 0 radical (unpaired) electrons. The van der Waals surface area contributed by atoms with Crippen LogP contribution >= 0.6 is 31.9 Å². The van der Waals surface area contributed by atoms with E-state index in [1.54, 1.807) is 0 Å². The van der Waals surface area contributed by atoms with E-state index in [0.717, 1.165) is 36.4 Å². The van der Waals surface area contributed by atoms with Crippen LogP contribution in [-0.4, -0.2) is 22.9 Å². The van der Waals surface area contributed by atoms with Gasteiger partial charge in [0.05, 0.1) is 0 Å². The zero-order valence-corrected chi connectivity index (χ0v) is 22.1. The number of hydrogen-bond acceptors (Lipinski definition) is 4. The number of nitrogens with one attached hydrogen (secondary N) is 1. The van der Waals surface area contributed by atoms with E-state index in [1.165, 1.54) is 0 Å². The summed E-state index contributed by atoms with van der Waals surface area (Å²) < 4.78 is 14.1. The Morgan fingerprint density at radius 2 is 1.85 bits per heavy atom. The van der Waals surface area contributed by atoms with Crippen molar-refractivity contribution in [3.63, 3.8) is 0 Å². The molecule has 34 heavy (non-hydrogen) atoms. The van der Waals surface area contributed by atoms with Crippen LogP contribution in [0.2, 0.25) is 0 Å². The SMILES string of the molecule is CC(C)(C)OC(=O)N[C@]12CC=C(Br)c3c(Br)ccc(c31)[C@]1(O)c3ccc4ccccc4c3OC12. The minimum atomic E-state index is -1.44. The molecule has 3 aromatic rings. The van der Waals surface area contributed by atoms with E-state index in [2.05, 4.69) is 37.2 Å². The van der Waals surface area contributed by atoms with Crippen molar-refractivity contribution in [3.05, 3.63) is 81.3 Å². The van der Waals surface area contributed by atoms with Crippen molar-refractivity contribution in [1.82, 2.24) is 5.32 Å². The summed E-state index contributed by atoms with van der Waals surface area (Å²) in [4.78, 5) is 13.2. The smallest absolute Gasteiger partial charge is 0.408 e. The van der Waals surface area contributed by atoms with E-state index in [4.69, 9.17) is 9.47 Å². The summed E-state index contributed by atoms with van der Waals surface area (Å²) in [5.41, 5.74) is 0.0387. The zero-order chi connectivity index (χ0) is 24.0. The molecule has 2 aliphatic carbocycles. The number of alkyl carbamates (subject to hydrolysis) is 1. The minimum absolute atomic E-state index is 0.433. The van der Waals surface area contributed by atoms with E-state index in [-0.39, 0.29) is 0 Å². The second kappa shape index (κ2) is 7.09. The summed E-state index contributed by atoms with van der Waals surface area (Å²) in [6, 6.07) is 15.8. The van der Waals surface area contributed by atoms with Crippen LogP contribution in [0.5, 0.6) is 5.75 Å². The Balaban J connectivity index is 1.62. The van der Waals surface area contributed by atoms with Gasteiger partial charge in [-0.2, -0.15) is 0 Å². The lowest BCUT2D eigenvalue weighted by atomic mass is 9.79. The highest BCUT2D eigenvalue weighted by molar-refractivity contribution is 9.15. The van der Waals surface area contributed by atoms with Gasteiger partial charge in [0.25, 0.3) is 0 Å². The van der Waals surface area contributed by atoms with Gasteiger partial charge in [-0.3, -0.25) is 0 Å². The Morgan fingerprint density at radius 1 is 1.12 bits per heavy atom. The molecule has 5 nitrogen and oxygen atoms in total. The van der Waals surface area contributed by atoms with Crippen LogP contribution in [-0.2, 0) is 15.9 Å². The van der Waals surface area contributed by atoms with Gasteiger partial charge in [-0.15, -0.1) is 0 Å². The molecule has 1 heterocycles. The van der Waals surface area contributed by atoms with Crippen LogP contribution in [0.3, 0.4) is 0 Å². The highest BCUT2D eigenvalue weighted by atomic mass is 79.9. The standard InChI is InChI=1S/C27H23Br2NO4/c1-25(2,3)34-24(31)30-26-13-12-19(29)20-18(28)11-10-16(21(20)26)27(32)17-9-8-14-6-4-5-7-15(14)22(17)33-23(26)27/h4-12,23,32H,13H2,1-3H3,(H,30,31)/t23?,26-,27+/m1/s1. The van der Waals surface area contributed by atoms with Crippen molar-refractivity contribution < 1.29 is 19.4 Å². The summed E-state index contributed by atoms with van der Waals surface area (Å²) >= 11 is 7.37. The van der Waals surface area contributed by atoms with E-state index in [1.807, 2.05) is 75.4 Å². The first kappa shape index (κ1) is 22.1. The van der Waals surface area contributed by atoms with Crippen LogP contribution in [0.4, 0.5) is 4.79 Å². The van der Waals surface area contributed by atoms with Gasteiger partial charge < -0.3 is 19.9 Å². The van der Waals surface area contributed by atoms with E-state index >= 15 is 0 Å². The monoisotopic (exact) mass is 583 g/mol. The van der Waals surface area contributed by atoms with Crippen LogP contribution in [0, 0.1) is 0 Å². The molecule has 1 amide bonds. The lowest BCUT2D eigenvalue weighted by Gasteiger charge is -2.40. The molecule has 3 atom stereocenters. The molecule has 0 bridgehead atoms. The third-order valence-electron chi connectivity index (χ3n) is 6.93.